The fourth-order valence-electron chi connectivity index (χ4n) is 16.0. The number of furan rings is 3. The highest BCUT2D eigenvalue weighted by atomic mass is 16.3. The summed E-state index contributed by atoms with van der Waals surface area (Å²) in [6.45, 7) is 0. The first-order valence-corrected chi connectivity index (χ1v) is 39.2. The van der Waals surface area contributed by atoms with Gasteiger partial charge < -0.3 is 13.3 Å². The zero-order valence-electron chi connectivity index (χ0n) is 63.2. The van der Waals surface area contributed by atoms with Crippen molar-refractivity contribution in [1.29, 1.82) is 0 Å². The van der Waals surface area contributed by atoms with Gasteiger partial charge in [-0.1, -0.05) is 322 Å². The lowest BCUT2D eigenvalue weighted by Gasteiger charge is -2.11. The Morgan fingerprint density at radius 1 is 0.128 bits per heavy atom. The standard InChI is InChI=1S/2C38H24N2O.C32H20N2O/c1-3-9-27(10-4-1)37-32-21-19-30(24-34(32)39-38(40-37)28-11-5-2-6-12-28)26-17-15-25(16-18-26)29-20-22-36-33(23-29)31-13-7-8-14-35(31)41-36;1-3-9-27(10-4-1)37-33-24-29(19-21-34(33)39-38(40-37)28-11-5-2-6-12-28)25-15-17-26(18-16-25)30-20-22-36-32(23-30)31-13-7-8-14-35(31)41-36;1-3-9-21(10-4-1)31-26-17-15-24(20-28(26)33-32(34-31)22-11-5-2-6-12-22)23-16-18-30-27(19-23)25-13-7-8-14-29(25)35-30/h2*1-24H;1-20H. The van der Waals surface area contributed by atoms with Gasteiger partial charge in [-0.2, -0.15) is 0 Å². The van der Waals surface area contributed by atoms with Gasteiger partial charge in [0.05, 0.1) is 33.6 Å². The average Bonchev–Trinajstić information content (AvgIpc) is 1.41. The fraction of sp³-hybridized carbons (Fsp3) is 0. The van der Waals surface area contributed by atoms with Crippen LogP contribution in [0.1, 0.15) is 0 Å². The smallest absolute Gasteiger partial charge is 0.160 e. The van der Waals surface area contributed by atoms with E-state index in [0.29, 0.717) is 0 Å². The van der Waals surface area contributed by atoms with Gasteiger partial charge in [-0.15, -0.1) is 0 Å². The molecule has 0 aliphatic carbocycles. The lowest BCUT2D eigenvalue weighted by atomic mass is 9.97. The van der Waals surface area contributed by atoms with Crippen molar-refractivity contribution in [3.63, 3.8) is 0 Å². The number of aromatic nitrogens is 6. The van der Waals surface area contributed by atoms with E-state index in [4.69, 9.17) is 43.2 Å². The van der Waals surface area contributed by atoms with E-state index in [0.717, 1.165) is 200 Å². The molecule has 0 radical (unpaired) electrons. The quantitative estimate of drug-likeness (QED) is 0.125. The molecule has 0 bridgehead atoms. The molecule has 0 atom stereocenters. The maximum Gasteiger partial charge on any atom is 0.160 e. The molecule has 0 spiro atoms. The summed E-state index contributed by atoms with van der Waals surface area (Å²) in [5.41, 5.74) is 28.8. The molecular formula is C108H68N6O3. The van der Waals surface area contributed by atoms with Crippen molar-refractivity contribution in [3.05, 3.63) is 413 Å². The van der Waals surface area contributed by atoms with Crippen molar-refractivity contribution in [2.75, 3.05) is 0 Å². The molecule has 0 N–H and O–H groups in total. The van der Waals surface area contributed by atoms with Gasteiger partial charge in [0.1, 0.15) is 33.5 Å². The number of hydrogen-bond acceptors (Lipinski definition) is 9. The Hall–Kier alpha value is -15.8. The molecule has 0 aliphatic rings. The maximum atomic E-state index is 6.02. The summed E-state index contributed by atoms with van der Waals surface area (Å²) < 4.78 is 18.1. The summed E-state index contributed by atoms with van der Waals surface area (Å²) in [4.78, 5) is 30.0. The van der Waals surface area contributed by atoms with Crippen LogP contribution in [0.4, 0.5) is 0 Å². The van der Waals surface area contributed by atoms with Crippen LogP contribution in [-0.4, -0.2) is 29.9 Å². The van der Waals surface area contributed by atoms with E-state index in [2.05, 4.69) is 273 Å². The third kappa shape index (κ3) is 13.5. The van der Waals surface area contributed by atoms with Crippen LogP contribution >= 0.6 is 0 Å². The Balaban J connectivity index is 0.000000110. The normalized spacial score (nSPS) is 11.4. The molecule has 0 saturated heterocycles. The second kappa shape index (κ2) is 30.0. The zero-order valence-corrected chi connectivity index (χ0v) is 63.2. The number of para-hydroxylation sites is 3. The molecule has 6 aromatic heterocycles. The monoisotopic (exact) mass is 1500 g/mol. The zero-order chi connectivity index (χ0) is 77.5. The molecule has 9 heteroatoms. The topological polar surface area (TPSA) is 117 Å². The third-order valence-corrected chi connectivity index (χ3v) is 21.9. The minimum absolute atomic E-state index is 0.727. The summed E-state index contributed by atoms with van der Waals surface area (Å²) >= 11 is 0. The average molecular weight is 1500 g/mol. The van der Waals surface area contributed by atoms with E-state index < -0.39 is 0 Å². The van der Waals surface area contributed by atoms with Crippen LogP contribution in [0.5, 0.6) is 0 Å². The van der Waals surface area contributed by atoms with Gasteiger partial charge in [0.25, 0.3) is 0 Å². The van der Waals surface area contributed by atoms with Crippen LogP contribution in [0.3, 0.4) is 0 Å². The second-order valence-electron chi connectivity index (χ2n) is 29.2. The largest absolute Gasteiger partial charge is 0.456 e. The minimum Gasteiger partial charge on any atom is -0.456 e. The SMILES string of the molecule is c1ccc(-c2nc(-c3ccccc3)c3cc(-c4ccc(-c5ccc6oc7ccccc7c6c5)cc4)ccc3n2)cc1.c1ccc(-c2nc(-c3ccccc3)c3ccc(-c4ccc(-c5ccc6oc7ccccc7c6c5)cc4)cc3n2)cc1.c1ccc(-c2nc(-c3ccccc3)c3ccc(-c4ccc5oc6ccccc6c5c4)cc3n2)cc1. The third-order valence-electron chi connectivity index (χ3n) is 21.9. The minimum atomic E-state index is 0.727. The first-order chi connectivity index (χ1) is 57.9. The molecule has 548 valence electrons. The lowest BCUT2D eigenvalue weighted by Crippen LogP contribution is -1.95. The van der Waals surface area contributed by atoms with Gasteiger partial charge in [0, 0.05) is 81.9 Å². The van der Waals surface area contributed by atoms with Crippen LogP contribution in [0, 0.1) is 0 Å². The Morgan fingerprint density at radius 2 is 0.359 bits per heavy atom. The van der Waals surface area contributed by atoms with E-state index in [1.54, 1.807) is 0 Å². The van der Waals surface area contributed by atoms with Gasteiger partial charge in [-0.3, -0.25) is 0 Å². The highest BCUT2D eigenvalue weighted by Gasteiger charge is 2.19. The van der Waals surface area contributed by atoms with Gasteiger partial charge in [-0.05, 0) is 147 Å². The van der Waals surface area contributed by atoms with Crippen LogP contribution < -0.4 is 0 Å². The first-order valence-electron chi connectivity index (χ1n) is 39.2. The molecule has 9 nitrogen and oxygen atoms in total. The molecule has 0 saturated carbocycles. The fourth-order valence-corrected chi connectivity index (χ4v) is 16.0. The van der Waals surface area contributed by atoms with Crippen molar-refractivity contribution in [1.82, 2.24) is 29.9 Å². The molecule has 17 aromatic carbocycles. The molecule has 6 heterocycles. The van der Waals surface area contributed by atoms with E-state index in [9.17, 15) is 0 Å². The van der Waals surface area contributed by atoms with Crippen LogP contribution in [0.15, 0.2) is 426 Å². The van der Waals surface area contributed by atoms with Crippen molar-refractivity contribution in [2.45, 2.75) is 0 Å². The number of hydrogen-bond donors (Lipinski definition) is 0. The maximum absolute atomic E-state index is 6.02. The summed E-state index contributed by atoms with van der Waals surface area (Å²) in [7, 11) is 0. The molecule has 0 fully saturated rings. The number of rotatable bonds is 11. The highest BCUT2D eigenvalue weighted by molar-refractivity contribution is 6.09. The summed E-state index contributed by atoms with van der Waals surface area (Å²) in [6, 6.07) is 142. The van der Waals surface area contributed by atoms with Gasteiger partial charge in [0.15, 0.2) is 17.5 Å². The van der Waals surface area contributed by atoms with Crippen molar-refractivity contribution < 1.29 is 13.3 Å². The van der Waals surface area contributed by atoms with E-state index in [1.807, 2.05) is 140 Å². The summed E-state index contributed by atoms with van der Waals surface area (Å²) in [6.07, 6.45) is 0. The van der Waals surface area contributed by atoms with E-state index >= 15 is 0 Å². The molecule has 23 rings (SSSR count). The van der Waals surface area contributed by atoms with Crippen molar-refractivity contribution in [3.8, 4) is 124 Å². The number of nitrogens with zero attached hydrogens (tertiary/aromatic N) is 6. The van der Waals surface area contributed by atoms with Gasteiger partial charge in [-0.25, -0.2) is 29.9 Å². The van der Waals surface area contributed by atoms with Gasteiger partial charge >= 0.3 is 0 Å². The summed E-state index contributed by atoms with van der Waals surface area (Å²) in [5, 5.41) is 9.93. The Kier molecular flexibility index (Phi) is 17.7. The molecule has 0 amide bonds. The second-order valence-corrected chi connectivity index (χ2v) is 29.2. The van der Waals surface area contributed by atoms with E-state index in [1.165, 1.54) is 22.3 Å². The van der Waals surface area contributed by atoms with E-state index in [-0.39, 0.29) is 0 Å². The van der Waals surface area contributed by atoms with Gasteiger partial charge in [0.2, 0.25) is 0 Å². The number of benzene rings is 17. The van der Waals surface area contributed by atoms with Crippen LogP contribution in [0.2, 0.25) is 0 Å². The highest BCUT2D eigenvalue weighted by Crippen LogP contribution is 2.41. The van der Waals surface area contributed by atoms with Crippen molar-refractivity contribution >= 4 is 98.5 Å². The Bertz CT molecular complexity index is 7650. The summed E-state index contributed by atoms with van der Waals surface area (Å²) in [5.74, 6) is 2.19. The Labute approximate surface area is 673 Å². The van der Waals surface area contributed by atoms with Crippen LogP contribution in [-0.2, 0) is 0 Å². The van der Waals surface area contributed by atoms with Crippen molar-refractivity contribution in [2.24, 2.45) is 0 Å². The molecule has 0 aliphatic heterocycles. The number of fused-ring (bicyclic) bond motifs is 12. The van der Waals surface area contributed by atoms with Crippen LogP contribution in [0.25, 0.3) is 222 Å². The predicted molar refractivity (Wildman–Crippen MR) is 480 cm³/mol. The predicted octanol–water partition coefficient (Wildman–Crippen LogP) is 28.9. The Morgan fingerprint density at radius 3 is 0.701 bits per heavy atom. The lowest BCUT2D eigenvalue weighted by molar-refractivity contribution is 0.668. The molecule has 117 heavy (non-hydrogen) atoms. The molecular weight excluding hydrogens is 1430 g/mol. The molecule has 23 aromatic rings. The molecule has 0 unspecified atom stereocenters. The first kappa shape index (κ1) is 69.1.